The minimum atomic E-state index is -1.50. The van der Waals surface area contributed by atoms with Gasteiger partial charge in [-0.1, -0.05) is 6.07 Å². The summed E-state index contributed by atoms with van der Waals surface area (Å²) in [6.45, 7) is 4.18. The van der Waals surface area contributed by atoms with Crippen LogP contribution in [-0.4, -0.2) is 36.5 Å². The molecule has 3 aromatic heterocycles. The first kappa shape index (κ1) is 20.3. The quantitative estimate of drug-likeness (QED) is 0.440. The van der Waals surface area contributed by atoms with Gasteiger partial charge in [0.05, 0.1) is 23.6 Å². The Labute approximate surface area is 181 Å². The van der Waals surface area contributed by atoms with E-state index in [9.17, 15) is 18.0 Å². The Hall–Kier alpha value is -3.62. The molecule has 1 amide bonds. The van der Waals surface area contributed by atoms with Crippen molar-refractivity contribution >= 4 is 11.6 Å². The number of benzene rings is 1. The Kier molecular flexibility index (Phi) is 4.58. The number of fused-ring (bicyclic) bond motifs is 2. The minimum Gasteiger partial charge on any atom is -0.329 e. The Morgan fingerprint density at radius 2 is 1.88 bits per heavy atom. The average molecular weight is 439 g/mol. The zero-order valence-electron chi connectivity index (χ0n) is 17.7. The molecule has 0 saturated carbocycles. The van der Waals surface area contributed by atoms with Crippen molar-refractivity contribution in [1.82, 2.24) is 24.1 Å². The molecule has 0 radical (unpaired) electrons. The summed E-state index contributed by atoms with van der Waals surface area (Å²) >= 11 is 0. The van der Waals surface area contributed by atoms with Gasteiger partial charge in [-0.15, -0.1) is 0 Å². The number of hydrogen-bond acceptors (Lipinski definition) is 3. The maximum absolute atomic E-state index is 13.9. The molecule has 6 nitrogen and oxygen atoms in total. The van der Waals surface area contributed by atoms with E-state index in [-0.39, 0.29) is 17.5 Å². The van der Waals surface area contributed by atoms with Crippen LogP contribution >= 0.6 is 0 Å². The number of aromatic nitrogens is 4. The third-order valence-electron chi connectivity index (χ3n) is 6.10. The van der Waals surface area contributed by atoms with Gasteiger partial charge in [0.2, 0.25) is 0 Å². The van der Waals surface area contributed by atoms with Gasteiger partial charge in [0, 0.05) is 30.4 Å². The highest BCUT2D eigenvalue weighted by molar-refractivity contribution is 5.94. The van der Waals surface area contributed by atoms with E-state index in [1.54, 1.807) is 18.1 Å². The largest absolute Gasteiger partial charge is 0.329 e. The van der Waals surface area contributed by atoms with Crippen LogP contribution in [0.3, 0.4) is 0 Å². The van der Waals surface area contributed by atoms with Crippen LogP contribution in [0.2, 0.25) is 0 Å². The number of carbonyl (C=O) groups is 1. The molecule has 0 unspecified atom stereocenters. The van der Waals surface area contributed by atoms with Gasteiger partial charge in [0.15, 0.2) is 17.5 Å². The lowest BCUT2D eigenvalue weighted by atomic mass is 9.95. The third kappa shape index (κ3) is 2.91. The number of rotatable bonds is 2. The molecule has 0 saturated heterocycles. The second-order valence-corrected chi connectivity index (χ2v) is 8.02. The van der Waals surface area contributed by atoms with Crippen molar-refractivity contribution in [1.29, 1.82) is 0 Å². The smallest absolute Gasteiger partial charge is 0.273 e. The Morgan fingerprint density at radius 1 is 1.16 bits per heavy atom. The molecule has 0 fully saturated rings. The summed E-state index contributed by atoms with van der Waals surface area (Å²) in [7, 11) is 1.67. The maximum Gasteiger partial charge on any atom is 0.273 e. The number of amides is 1. The molecule has 0 bridgehead atoms. The van der Waals surface area contributed by atoms with Crippen LogP contribution in [0.25, 0.3) is 16.9 Å². The normalized spacial score (nSPS) is 15.9. The lowest BCUT2D eigenvalue weighted by Gasteiger charge is -2.32. The molecule has 0 spiro atoms. The number of aryl methyl sites for hydroxylation is 2. The summed E-state index contributed by atoms with van der Waals surface area (Å²) in [5, 5.41) is 4.55. The Morgan fingerprint density at radius 3 is 2.59 bits per heavy atom. The molecule has 9 heteroatoms. The fourth-order valence-electron chi connectivity index (χ4n) is 4.58. The van der Waals surface area contributed by atoms with E-state index in [0.717, 1.165) is 23.4 Å². The molecule has 5 rings (SSSR count). The monoisotopic (exact) mass is 439 g/mol. The second kappa shape index (κ2) is 7.22. The number of halogens is 3. The molecule has 0 aliphatic carbocycles. The van der Waals surface area contributed by atoms with E-state index >= 15 is 0 Å². The van der Waals surface area contributed by atoms with Gasteiger partial charge in [-0.05, 0) is 44.5 Å². The standard InChI is InChI=1S/C23H20F3N5O/c1-12-5-4-6-19-27-11-18(31(12)19)23(32)30-8-7-15-21(13(30)2)28-29(3)22(15)14-9-16(24)20(26)17(25)10-14/h4-6,9-11,13H,7-8H2,1-3H3/t13-/m0/s1. The Bertz CT molecular complexity index is 1370. The summed E-state index contributed by atoms with van der Waals surface area (Å²) in [4.78, 5) is 19.5. The first-order chi connectivity index (χ1) is 15.3. The van der Waals surface area contributed by atoms with E-state index in [0.29, 0.717) is 35.7 Å². The third-order valence-corrected chi connectivity index (χ3v) is 6.10. The lowest BCUT2D eigenvalue weighted by Crippen LogP contribution is -2.39. The average Bonchev–Trinajstić information content (AvgIpc) is 3.34. The van der Waals surface area contributed by atoms with Crippen LogP contribution in [0.1, 0.15) is 40.4 Å². The van der Waals surface area contributed by atoms with Crippen molar-refractivity contribution in [3.05, 3.63) is 76.6 Å². The summed E-state index contributed by atoms with van der Waals surface area (Å²) < 4.78 is 44.5. The SMILES string of the molecule is Cc1cccc2ncc(C(=O)N3CCc4c(nn(C)c4-c4cc(F)c(F)c(F)c4)[C@@H]3C)n12. The molecule has 32 heavy (non-hydrogen) atoms. The van der Waals surface area contributed by atoms with Crippen LogP contribution in [0.4, 0.5) is 13.2 Å². The van der Waals surface area contributed by atoms with E-state index in [1.165, 1.54) is 4.68 Å². The molecule has 1 aromatic carbocycles. The highest BCUT2D eigenvalue weighted by atomic mass is 19.2. The van der Waals surface area contributed by atoms with Crippen molar-refractivity contribution in [3.63, 3.8) is 0 Å². The summed E-state index contributed by atoms with van der Waals surface area (Å²) in [5.74, 6) is -4.17. The molecule has 4 aromatic rings. The van der Waals surface area contributed by atoms with E-state index in [4.69, 9.17) is 0 Å². The van der Waals surface area contributed by atoms with Crippen molar-refractivity contribution < 1.29 is 18.0 Å². The zero-order chi connectivity index (χ0) is 22.7. The minimum absolute atomic E-state index is 0.170. The predicted molar refractivity (Wildman–Crippen MR) is 112 cm³/mol. The first-order valence-corrected chi connectivity index (χ1v) is 10.2. The predicted octanol–water partition coefficient (Wildman–Crippen LogP) is 4.22. The fourth-order valence-corrected chi connectivity index (χ4v) is 4.58. The van der Waals surface area contributed by atoms with Crippen LogP contribution < -0.4 is 0 Å². The second-order valence-electron chi connectivity index (χ2n) is 8.02. The van der Waals surface area contributed by atoms with Gasteiger partial charge >= 0.3 is 0 Å². The molecular formula is C23H20F3N5O. The van der Waals surface area contributed by atoms with Crippen molar-refractivity contribution in [2.75, 3.05) is 6.54 Å². The topological polar surface area (TPSA) is 55.4 Å². The molecule has 1 atom stereocenters. The van der Waals surface area contributed by atoms with Crippen LogP contribution in [-0.2, 0) is 13.5 Å². The molecular weight excluding hydrogens is 419 g/mol. The van der Waals surface area contributed by atoms with E-state index < -0.39 is 17.5 Å². The molecule has 0 N–H and O–H groups in total. The van der Waals surface area contributed by atoms with Crippen LogP contribution in [0.15, 0.2) is 36.5 Å². The lowest BCUT2D eigenvalue weighted by molar-refractivity contribution is 0.0666. The maximum atomic E-state index is 13.9. The van der Waals surface area contributed by atoms with Gasteiger partial charge in [-0.25, -0.2) is 18.2 Å². The summed E-state index contributed by atoms with van der Waals surface area (Å²) in [5.41, 5.74) is 4.23. The van der Waals surface area contributed by atoms with Gasteiger partial charge in [-0.2, -0.15) is 5.10 Å². The van der Waals surface area contributed by atoms with E-state index in [2.05, 4.69) is 10.1 Å². The Balaban J connectivity index is 1.54. The highest BCUT2D eigenvalue weighted by Crippen LogP contribution is 2.36. The van der Waals surface area contributed by atoms with Crippen molar-refractivity contribution in [3.8, 4) is 11.3 Å². The number of nitrogens with zero attached hydrogens (tertiary/aromatic N) is 5. The van der Waals surface area contributed by atoms with Gasteiger partial charge < -0.3 is 4.90 Å². The zero-order valence-corrected chi connectivity index (χ0v) is 17.7. The van der Waals surface area contributed by atoms with Gasteiger partial charge in [0.25, 0.3) is 5.91 Å². The number of hydrogen-bond donors (Lipinski definition) is 0. The van der Waals surface area contributed by atoms with Gasteiger partial charge in [0.1, 0.15) is 11.3 Å². The van der Waals surface area contributed by atoms with Gasteiger partial charge in [-0.3, -0.25) is 13.9 Å². The highest BCUT2D eigenvalue weighted by Gasteiger charge is 2.34. The summed E-state index contributed by atoms with van der Waals surface area (Å²) in [6, 6.07) is 7.22. The molecule has 1 aliphatic heterocycles. The molecule has 4 heterocycles. The number of carbonyl (C=O) groups excluding carboxylic acids is 1. The molecule has 164 valence electrons. The number of imidazole rings is 1. The fraction of sp³-hybridized carbons (Fsp3) is 0.261. The first-order valence-electron chi connectivity index (χ1n) is 10.2. The number of pyridine rings is 1. The van der Waals surface area contributed by atoms with Crippen LogP contribution in [0, 0.1) is 24.4 Å². The van der Waals surface area contributed by atoms with Crippen molar-refractivity contribution in [2.45, 2.75) is 26.3 Å². The van der Waals surface area contributed by atoms with Crippen molar-refractivity contribution in [2.24, 2.45) is 7.05 Å². The van der Waals surface area contributed by atoms with E-state index in [1.807, 2.05) is 36.4 Å². The molecule has 1 aliphatic rings. The van der Waals surface area contributed by atoms with Crippen LogP contribution in [0.5, 0.6) is 0 Å². The summed E-state index contributed by atoms with van der Waals surface area (Å²) in [6.07, 6.45) is 2.02.